The van der Waals surface area contributed by atoms with Gasteiger partial charge in [0.05, 0.1) is 13.2 Å². The fourth-order valence-electron chi connectivity index (χ4n) is 1.35. The number of hydrogen-bond donors (Lipinski definition) is 1. The van der Waals surface area contributed by atoms with Crippen LogP contribution in [-0.2, 0) is 4.74 Å². The van der Waals surface area contributed by atoms with Crippen molar-refractivity contribution in [1.82, 2.24) is 0 Å². The van der Waals surface area contributed by atoms with Crippen molar-refractivity contribution in [2.45, 2.75) is 19.4 Å². The van der Waals surface area contributed by atoms with Gasteiger partial charge in [0.2, 0.25) is 0 Å². The molecule has 0 saturated heterocycles. The van der Waals surface area contributed by atoms with Gasteiger partial charge in [0, 0.05) is 19.6 Å². The van der Waals surface area contributed by atoms with Gasteiger partial charge in [0.25, 0.3) is 0 Å². The fraction of sp³-hybridized carbons (Fsp3) is 0.500. The highest BCUT2D eigenvalue weighted by Gasteiger charge is 2.07. The largest absolute Gasteiger partial charge is 0.497 e. The number of methoxy groups -OCH3 is 1. The summed E-state index contributed by atoms with van der Waals surface area (Å²) in [5.74, 6) is 0.767. The second-order valence-corrected chi connectivity index (χ2v) is 3.28. The van der Waals surface area contributed by atoms with E-state index >= 15 is 0 Å². The number of aliphatic hydroxyl groups is 1. The Kier molecular flexibility index (Phi) is 5.15. The highest BCUT2D eigenvalue weighted by Crippen LogP contribution is 2.21. The average Bonchev–Trinajstić information content (AvgIpc) is 2.29. The number of hydrogen-bond acceptors (Lipinski definition) is 3. The maximum absolute atomic E-state index is 9.83. The second-order valence-electron chi connectivity index (χ2n) is 3.28. The van der Waals surface area contributed by atoms with Gasteiger partial charge in [0.15, 0.2) is 0 Å². The summed E-state index contributed by atoms with van der Waals surface area (Å²) in [6, 6.07) is 7.46. The van der Waals surface area contributed by atoms with E-state index in [0.29, 0.717) is 19.6 Å². The number of aliphatic hydroxyl groups excluding tert-OH is 1. The Morgan fingerprint density at radius 3 is 2.87 bits per heavy atom. The van der Waals surface area contributed by atoms with Crippen LogP contribution in [0.15, 0.2) is 24.3 Å². The van der Waals surface area contributed by atoms with Crippen LogP contribution in [0, 0.1) is 0 Å². The monoisotopic (exact) mass is 210 g/mol. The summed E-state index contributed by atoms with van der Waals surface area (Å²) in [4.78, 5) is 0. The maximum Gasteiger partial charge on any atom is 0.119 e. The van der Waals surface area contributed by atoms with Crippen LogP contribution >= 0.6 is 0 Å². The zero-order valence-electron chi connectivity index (χ0n) is 9.27. The van der Waals surface area contributed by atoms with E-state index in [0.717, 1.165) is 11.3 Å². The van der Waals surface area contributed by atoms with Gasteiger partial charge in [-0.2, -0.15) is 0 Å². The first-order chi connectivity index (χ1) is 7.27. The molecule has 0 spiro atoms. The third kappa shape index (κ3) is 3.90. The second kappa shape index (κ2) is 6.43. The van der Waals surface area contributed by atoms with Gasteiger partial charge in [-0.3, -0.25) is 0 Å². The minimum atomic E-state index is -0.480. The molecule has 1 aromatic rings. The van der Waals surface area contributed by atoms with Crippen molar-refractivity contribution >= 4 is 0 Å². The summed E-state index contributed by atoms with van der Waals surface area (Å²) in [5.41, 5.74) is 0.869. The molecule has 0 aromatic heterocycles. The molecule has 1 atom stereocenters. The van der Waals surface area contributed by atoms with Crippen LogP contribution in [0.3, 0.4) is 0 Å². The molecular weight excluding hydrogens is 192 g/mol. The Labute approximate surface area is 90.6 Å². The van der Waals surface area contributed by atoms with Crippen LogP contribution in [0.25, 0.3) is 0 Å². The molecular formula is C12H18O3. The third-order valence-electron chi connectivity index (χ3n) is 2.22. The van der Waals surface area contributed by atoms with E-state index < -0.39 is 6.10 Å². The quantitative estimate of drug-likeness (QED) is 0.731. The van der Waals surface area contributed by atoms with Crippen LogP contribution in [-0.4, -0.2) is 25.4 Å². The summed E-state index contributed by atoms with van der Waals surface area (Å²) in [6.07, 6.45) is 0.132. The van der Waals surface area contributed by atoms with E-state index in [-0.39, 0.29) is 0 Å². The molecule has 0 bridgehead atoms. The SMILES string of the molecule is CCOCCC(O)c1cccc(OC)c1. The molecule has 0 aliphatic heterocycles. The molecule has 3 heteroatoms. The minimum Gasteiger partial charge on any atom is -0.497 e. The molecule has 0 saturated carbocycles. The molecule has 0 amide bonds. The van der Waals surface area contributed by atoms with Crippen molar-refractivity contribution in [1.29, 1.82) is 0 Å². The fourth-order valence-corrected chi connectivity index (χ4v) is 1.35. The lowest BCUT2D eigenvalue weighted by atomic mass is 10.1. The molecule has 0 aliphatic rings. The molecule has 84 valence electrons. The predicted octanol–water partition coefficient (Wildman–Crippen LogP) is 2.16. The van der Waals surface area contributed by atoms with Gasteiger partial charge in [-0.1, -0.05) is 12.1 Å². The molecule has 3 nitrogen and oxygen atoms in total. The number of rotatable bonds is 6. The molecule has 0 heterocycles. The summed E-state index contributed by atoms with van der Waals surface area (Å²) < 4.78 is 10.3. The van der Waals surface area contributed by atoms with Crippen molar-refractivity contribution in [2.75, 3.05) is 20.3 Å². The summed E-state index contributed by atoms with van der Waals surface area (Å²) >= 11 is 0. The summed E-state index contributed by atoms with van der Waals surface area (Å²) in [5, 5.41) is 9.83. The molecule has 0 radical (unpaired) electrons. The molecule has 15 heavy (non-hydrogen) atoms. The minimum absolute atomic E-state index is 0.480. The normalized spacial score (nSPS) is 12.5. The van der Waals surface area contributed by atoms with Gasteiger partial charge in [-0.05, 0) is 24.6 Å². The Balaban J connectivity index is 2.52. The lowest BCUT2D eigenvalue weighted by Crippen LogP contribution is -2.03. The first kappa shape index (κ1) is 12.0. The van der Waals surface area contributed by atoms with E-state index in [2.05, 4.69) is 0 Å². The first-order valence-electron chi connectivity index (χ1n) is 5.17. The molecule has 0 fully saturated rings. The van der Waals surface area contributed by atoms with Crippen molar-refractivity contribution in [3.63, 3.8) is 0 Å². The Hall–Kier alpha value is -1.06. The molecule has 0 aliphatic carbocycles. The predicted molar refractivity (Wildman–Crippen MR) is 59.1 cm³/mol. The zero-order valence-corrected chi connectivity index (χ0v) is 9.27. The molecule has 1 N–H and O–H groups in total. The van der Waals surface area contributed by atoms with Crippen LogP contribution in [0.1, 0.15) is 25.0 Å². The highest BCUT2D eigenvalue weighted by atomic mass is 16.5. The standard InChI is InChI=1S/C12H18O3/c1-3-15-8-7-12(13)10-5-4-6-11(9-10)14-2/h4-6,9,12-13H,3,7-8H2,1-2H3. The van der Waals surface area contributed by atoms with E-state index in [1.165, 1.54) is 0 Å². The molecule has 1 rings (SSSR count). The van der Waals surface area contributed by atoms with Crippen LogP contribution in [0.2, 0.25) is 0 Å². The smallest absolute Gasteiger partial charge is 0.119 e. The van der Waals surface area contributed by atoms with Crippen molar-refractivity contribution in [3.05, 3.63) is 29.8 Å². The van der Waals surface area contributed by atoms with Crippen molar-refractivity contribution in [3.8, 4) is 5.75 Å². The van der Waals surface area contributed by atoms with Gasteiger partial charge < -0.3 is 14.6 Å². The highest BCUT2D eigenvalue weighted by molar-refractivity contribution is 5.29. The van der Waals surface area contributed by atoms with Crippen LogP contribution < -0.4 is 4.74 Å². The maximum atomic E-state index is 9.83. The Bertz CT molecular complexity index is 286. The Morgan fingerprint density at radius 1 is 1.40 bits per heavy atom. The summed E-state index contributed by atoms with van der Waals surface area (Å²) in [6.45, 7) is 3.21. The first-order valence-corrected chi connectivity index (χ1v) is 5.17. The van der Waals surface area contributed by atoms with E-state index in [9.17, 15) is 5.11 Å². The summed E-state index contributed by atoms with van der Waals surface area (Å²) in [7, 11) is 1.62. The lowest BCUT2D eigenvalue weighted by molar-refractivity contribution is 0.0885. The van der Waals surface area contributed by atoms with Gasteiger partial charge >= 0.3 is 0 Å². The van der Waals surface area contributed by atoms with E-state index in [4.69, 9.17) is 9.47 Å². The van der Waals surface area contributed by atoms with Gasteiger partial charge in [-0.25, -0.2) is 0 Å². The van der Waals surface area contributed by atoms with Crippen LogP contribution in [0.5, 0.6) is 5.75 Å². The van der Waals surface area contributed by atoms with Crippen LogP contribution in [0.4, 0.5) is 0 Å². The topological polar surface area (TPSA) is 38.7 Å². The third-order valence-corrected chi connectivity index (χ3v) is 2.22. The van der Waals surface area contributed by atoms with Gasteiger partial charge in [-0.15, -0.1) is 0 Å². The van der Waals surface area contributed by atoms with E-state index in [1.54, 1.807) is 7.11 Å². The number of ether oxygens (including phenoxy) is 2. The van der Waals surface area contributed by atoms with E-state index in [1.807, 2.05) is 31.2 Å². The number of benzene rings is 1. The van der Waals surface area contributed by atoms with Gasteiger partial charge in [0.1, 0.15) is 5.75 Å². The molecule has 1 unspecified atom stereocenters. The van der Waals surface area contributed by atoms with Crippen molar-refractivity contribution in [2.24, 2.45) is 0 Å². The zero-order chi connectivity index (χ0) is 11.1. The van der Waals surface area contributed by atoms with Crippen molar-refractivity contribution < 1.29 is 14.6 Å². The Morgan fingerprint density at radius 2 is 2.20 bits per heavy atom. The lowest BCUT2D eigenvalue weighted by Gasteiger charge is -2.11. The molecule has 1 aromatic carbocycles. The average molecular weight is 210 g/mol.